The van der Waals surface area contributed by atoms with Gasteiger partial charge in [0.1, 0.15) is 10.7 Å². The average molecular weight is 351 g/mol. The summed E-state index contributed by atoms with van der Waals surface area (Å²) in [6.07, 6.45) is 0.627. The predicted molar refractivity (Wildman–Crippen MR) is 78.3 cm³/mol. The van der Waals surface area contributed by atoms with E-state index in [1.165, 1.54) is 6.07 Å². The molecule has 0 spiro atoms. The molecule has 0 atom stereocenters. The van der Waals surface area contributed by atoms with Gasteiger partial charge >= 0.3 is 0 Å². The van der Waals surface area contributed by atoms with Crippen LogP contribution in [0.1, 0.15) is 12.8 Å². The van der Waals surface area contributed by atoms with Gasteiger partial charge in [-0.2, -0.15) is 0 Å². The summed E-state index contributed by atoms with van der Waals surface area (Å²) in [7, 11) is -4.11. The summed E-state index contributed by atoms with van der Waals surface area (Å²) in [6, 6.07) is 3.26. The SMILES string of the molecule is NC(=O)C1(CNS(=O)(=O)c2ccc(Cl)cc2F)CCOCC1. The Hall–Kier alpha value is -1.22. The molecule has 1 fully saturated rings. The van der Waals surface area contributed by atoms with Crippen molar-refractivity contribution in [3.63, 3.8) is 0 Å². The molecule has 1 heterocycles. The van der Waals surface area contributed by atoms with Crippen molar-refractivity contribution in [2.45, 2.75) is 17.7 Å². The zero-order valence-corrected chi connectivity index (χ0v) is 13.2. The summed E-state index contributed by atoms with van der Waals surface area (Å²) in [5.74, 6) is -1.56. The topological polar surface area (TPSA) is 98.5 Å². The second-order valence-corrected chi connectivity index (χ2v) is 7.33. The summed E-state index contributed by atoms with van der Waals surface area (Å²) in [4.78, 5) is 11.2. The van der Waals surface area contributed by atoms with Crippen molar-refractivity contribution >= 4 is 27.5 Å². The van der Waals surface area contributed by atoms with Gasteiger partial charge < -0.3 is 10.5 Å². The average Bonchev–Trinajstić information content (AvgIpc) is 2.45. The van der Waals surface area contributed by atoms with Crippen LogP contribution in [0.3, 0.4) is 0 Å². The first-order valence-electron chi connectivity index (χ1n) is 6.59. The maximum absolute atomic E-state index is 13.8. The Morgan fingerprint density at radius 2 is 2.05 bits per heavy atom. The number of carbonyl (C=O) groups is 1. The number of nitrogens with one attached hydrogen (secondary N) is 1. The highest BCUT2D eigenvalue weighted by molar-refractivity contribution is 7.89. The van der Waals surface area contributed by atoms with Gasteiger partial charge in [-0.3, -0.25) is 4.79 Å². The van der Waals surface area contributed by atoms with Crippen LogP contribution in [0.15, 0.2) is 23.1 Å². The lowest BCUT2D eigenvalue weighted by Gasteiger charge is -2.34. The van der Waals surface area contributed by atoms with E-state index in [1.54, 1.807) is 0 Å². The first-order valence-corrected chi connectivity index (χ1v) is 8.45. The van der Waals surface area contributed by atoms with Gasteiger partial charge in [-0.1, -0.05) is 11.6 Å². The fourth-order valence-electron chi connectivity index (χ4n) is 2.28. The van der Waals surface area contributed by atoms with Crippen molar-refractivity contribution in [1.82, 2.24) is 4.72 Å². The number of sulfonamides is 1. The molecule has 0 bridgehead atoms. The minimum atomic E-state index is -4.11. The van der Waals surface area contributed by atoms with E-state index < -0.39 is 32.1 Å². The molecule has 22 heavy (non-hydrogen) atoms. The zero-order chi connectivity index (χ0) is 16.4. The van der Waals surface area contributed by atoms with Crippen LogP contribution in [-0.2, 0) is 19.6 Å². The highest BCUT2D eigenvalue weighted by Crippen LogP contribution is 2.30. The Balaban J connectivity index is 2.19. The Morgan fingerprint density at radius 3 is 2.59 bits per heavy atom. The Morgan fingerprint density at radius 1 is 1.41 bits per heavy atom. The maximum Gasteiger partial charge on any atom is 0.243 e. The molecule has 0 saturated carbocycles. The molecule has 9 heteroatoms. The number of primary amides is 1. The lowest BCUT2D eigenvalue weighted by molar-refractivity contribution is -0.132. The third kappa shape index (κ3) is 3.57. The molecule has 2 rings (SSSR count). The van der Waals surface area contributed by atoms with Gasteiger partial charge in [-0.15, -0.1) is 0 Å². The van der Waals surface area contributed by atoms with E-state index in [-0.39, 0.29) is 11.6 Å². The summed E-state index contributed by atoms with van der Waals surface area (Å²) in [5, 5.41) is 0.0921. The van der Waals surface area contributed by atoms with E-state index in [9.17, 15) is 17.6 Å². The molecule has 0 aliphatic carbocycles. The van der Waals surface area contributed by atoms with Crippen molar-refractivity contribution in [2.75, 3.05) is 19.8 Å². The fourth-order valence-corrected chi connectivity index (χ4v) is 3.62. The molecule has 1 amide bonds. The molecule has 1 aliphatic rings. The van der Waals surface area contributed by atoms with Gasteiger partial charge in [0.05, 0.1) is 5.41 Å². The number of benzene rings is 1. The number of carbonyl (C=O) groups excluding carboxylic acids is 1. The first kappa shape index (κ1) is 17.1. The largest absolute Gasteiger partial charge is 0.381 e. The molecule has 0 radical (unpaired) electrons. The zero-order valence-electron chi connectivity index (χ0n) is 11.6. The smallest absolute Gasteiger partial charge is 0.243 e. The summed E-state index contributed by atoms with van der Waals surface area (Å²) in [6.45, 7) is 0.441. The van der Waals surface area contributed by atoms with Gasteiger partial charge in [-0.25, -0.2) is 17.5 Å². The Bertz CT molecular complexity index is 675. The maximum atomic E-state index is 13.8. The summed E-state index contributed by atoms with van der Waals surface area (Å²) >= 11 is 5.60. The number of hydrogen-bond acceptors (Lipinski definition) is 4. The van der Waals surface area contributed by atoms with Gasteiger partial charge in [0.25, 0.3) is 0 Å². The van der Waals surface area contributed by atoms with Crippen molar-refractivity contribution in [2.24, 2.45) is 11.1 Å². The lowest BCUT2D eigenvalue weighted by Crippen LogP contribution is -2.49. The van der Waals surface area contributed by atoms with E-state index in [4.69, 9.17) is 22.1 Å². The third-order valence-electron chi connectivity index (χ3n) is 3.76. The Kier molecular flexibility index (Phi) is 5.06. The predicted octanol–water partition coefficient (Wildman–Crippen LogP) is 1.04. The lowest BCUT2D eigenvalue weighted by atomic mass is 9.80. The second-order valence-electron chi connectivity index (χ2n) is 5.16. The molecular formula is C13H16ClFN2O4S. The summed E-state index contributed by atoms with van der Waals surface area (Å²) in [5.41, 5.74) is 4.38. The van der Waals surface area contributed by atoms with Crippen LogP contribution in [0.5, 0.6) is 0 Å². The van der Waals surface area contributed by atoms with Crippen LogP contribution in [0.4, 0.5) is 4.39 Å². The number of amides is 1. The number of halogens is 2. The quantitative estimate of drug-likeness (QED) is 0.828. The monoisotopic (exact) mass is 350 g/mol. The highest BCUT2D eigenvalue weighted by Gasteiger charge is 2.39. The Labute approximate surface area is 132 Å². The second kappa shape index (κ2) is 6.49. The van der Waals surface area contributed by atoms with Gasteiger partial charge in [0.2, 0.25) is 15.9 Å². The van der Waals surface area contributed by atoms with Crippen LogP contribution in [0.25, 0.3) is 0 Å². The molecule has 1 saturated heterocycles. The summed E-state index contributed by atoms with van der Waals surface area (Å²) < 4.78 is 45.6. The van der Waals surface area contributed by atoms with E-state index in [2.05, 4.69) is 4.72 Å². The molecule has 3 N–H and O–H groups in total. The fraction of sp³-hybridized carbons (Fsp3) is 0.462. The van der Waals surface area contributed by atoms with Gasteiger partial charge in [0.15, 0.2) is 0 Å². The van der Waals surface area contributed by atoms with E-state index in [1.807, 2.05) is 0 Å². The third-order valence-corrected chi connectivity index (χ3v) is 5.43. The van der Waals surface area contributed by atoms with Crippen LogP contribution < -0.4 is 10.5 Å². The molecule has 0 unspecified atom stereocenters. The minimum Gasteiger partial charge on any atom is -0.381 e. The molecular weight excluding hydrogens is 335 g/mol. The van der Waals surface area contributed by atoms with Crippen molar-refractivity contribution in [3.8, 4) is 0 Å². The molecule has 1 aromatic carbocycles. The van der Waals surface area contributed by atoms with Gasteiger partial charge in [-0.05, 0) is 31.0 Å². The van der Waals surface area contributed by atoms with E-state index >= 15 is 0 Å². The number of nitrogens with two attached hydrogens (primary N) is 1. The number of rotatable bonds is 5. The van der Waals surface area contributed by atoms with Crippen LogP contribution >= 0.6 is 11.6 Å². The van der Waals surface area contributed by atoms with Crippen LogP contribution in [0, 0.1) is 11.2 Å². The molecule has 6 nitrogen and oxygen atoms in total. The minimum absolute atomic E-state index is 0.0921. The molecule has 1 aliphatic heterocycles. The molecule has 1 aromatic rings. The van der Waals surface area contributed by atoms with E-state index in [0.29, 0.717) is 26.1 Å². The van der Waals surface area contributed by atoms with Gasteiger partial charge in [0, 0.05) is 24.8 Å². The normalized spacial score (nSPS) is 18.1. The molecule has 0 aromatic heterocycles. The number of ether oxygens (including phenoxy) is 1. The van der Waals surface area contributed by atoms with Crippen molar-refractivity contribution < 1.29 is 22.3 Å². The number of hydrogen-bond donors (Lipinski definition) is 2. The van der Waals surface area contributed by atoms with E-state index in [0.717, 1.165) is 12.1 Å². The molecule has 122 valence electrons. The van der Waals surface area contributed by atoms with Crippen molar-refractivity contribution in [3.05, 3.63) is 29.0 Å². The van der Waals surface area contributed by atoms with Crippen LogP contribution in [0.2, 0.25) is 5.02 Å². The van der Waals surface area contributed by atoms with Crippen molar-refractivity contribution in [1.29, 1.82) is 0 Å². The standard InChI is InChI=1S/C13H16ClFN2O4S/c14-9-1-2-11(10(15)7-9)22(19,20)17-8-13(12(16)18)3-5-21-6-4-13/h1-2,7,17H,3-6,8H2,(H2,16,18). The first-order chi connectivity index (χ1) is 10.3. The highest BCUT2D eigenvalue weighted by atomic mass is 35.5. The van der Waals surface area contributed by atoms with Crippen LogP contribution in [-0.4, -0.2) is 34.1 Å².